The van der Waals surface area contributed by atoms with Crippen LogP contribution in [-0.2, 0) is 19.3 Å². The normalized spacial score (nSPS) is 14.1. The summed E-state index contributed by atoms with van der Waals surface area (Å²) in [4.78, 5) is 4.78. The highest BCUT2D eigenvalue weighted by Crippen LogP contribution is 2.34. The first kappa shape index (κ1) is 14.3. The molecule has 2 heteroatoms. The van der Waals surface area contributed by atoms with Crippen LogP contribution in [0.25, 0.3) is 11.4 Å². The first-order valence-corrected chi connectivity index (χ1v) is 8.55. The molecule has 0 radical (unpaired) electrons. The third kappa shape index (κ3) is 2.59. The van der Waals surface area contributed by atoms with E-state index in [1.807, 2.05) is 0 Å². The van der Waals surface area contributed by atoms with Crippen LogP contribution in [0.1, 0.15) is 36.2 Å². The molecule has 4 rings (SSSR count). The van der Waals surface area contributed by atoms with Crippen LogP contribution in [0.5, 0.6) is 0 Å². The van der Waals surface area contributed by atoms with Crippen molar-refractivity contribution in [3.63, 3.8) is 0 Å². The molecule has 1 aliphatic rings. The van der Waals surface area contributed by atoms with Gasteiger partial charge in [0, 0.05) is 23.5 Å². The van der Waals surface area contributed by atoms with Crippen molar-refractivity contribution in [1.82, 2.24) is 9.55 Å². The average Bonchev–Trinajstić information content (AvgIpc) is 3.19. The number of rotatable bonds is 4. The molecule has 0 bridgehead atoms. The first-order valence-electron chi connectivity index (χ1n) is 8.55. The molecule has 0 fully saturated rings. The van der Waals surface area contributed by atoms with Crippen LogP contribution in [0.3, 0.4) is 0 Å². The van der Waals surface area contributed by atoms with E-state index in [9.17, 15) is 0 Å². The minimum atomic E-state index is 0.492. The summed E-state index contributed by atoms with van der Waals surface area (Å²) in [7, 11) is 0. The summed E-state index contributed by atoms with van der Waals surface area (Å²) in [5.74, 6) is 1.12. The van der Waals surface area contributed by atoms with Crippen LogP contribution in [0, 0.1) is 0 Å². The Morgan fingerprint density at radius 3 is 2.26 bits per heavy atom. The highest BCUT2D eigenvalue weighted by atomic mass is 15.1. The van der Waals surface area contributed by atoms with Gasteiger partial charge in [0.1, 0.15) is 5.82 Å². The summed E-state index contributed by atoms with van der Waals surface area (Å²) in [5, 5.41) is 0. The smallest absolute Gasteiger partial charge is 0.140 e. The third-order valence-corrected chi connectivity index (χ3v) is 4.81. The van der Waals surface area contributed by atoms with Crippen molar-refractivity contribution >= 4 is 0 Å². The number of benzene rings is 2. The van der Waals surface area contributed by atoms with Crippen molar-refractivity contribution in [2.24, 2.45) is 0 Å². The molecule has 1 aromatic heterocycles. The van der Waals surface area contributed by atoms with Crippen LogP contribution in [0.2, 0.25) is 0 Å². The second-order valence-electron chi connectivity index (χ2n) is 6.39. The maximum atomic E-state index is 4.78. The van der Waals surface area contributed by atoms with Gasteiger partial charge in [-0.15, -0.1) is 0 Å². The third-order valence-electron chi connectivity index (χ3n) is 4.81. The fraction of sp³-hybridized carbons (Fsp3) is 0.286. The molecule has 0 spiro atoms. The summed E-state index contributed by atoms with van der Waals surface area (Å²) >= 11 is 0. The van der Waals surface area contributed by atoms with Crippen LogP contribution in [-0.4, -0.2) is 9.55 Å². The van der Waals surface area contributed by atoms with Crippen LogP contribution in [0.15, 0.2) is 60.8 Å². The largest absolute Gasteiger partial charge is 0.324 e. The standard InChI is InChI=1S/C21H22N2/c1-2-8-19-15-22-21(16-9-4-3-5-10-16)23(19)20-13-17-11-6-7-12-18(17)14-20/h3-7,9-12,15,20H,2,8,13-14H2,1H3. The second kappa shape index (κ2) is 6.04. The lowest BCUT2D eigenvalue weighted by molar-refractivity contribution is 0.514. The Hall–Kier alpha value is -2.35. The number of hydrogen-bond donors (Lipinski definition) is 0. The van der Waals surface area contributed by atoms with E-state index in [4.69, 9.17) is 4.98 Å². The van der Waals surface area contributed by atoms with E-state index in [1.165, 1.54) is 22.4 Å². The second-order valence-corrected chi connectivity index (χ2v) is 6.39. The minimum Gasteiger partial charge on any atom is -0.324 e. The molecule has 2 nitrogen and oxygen atoms in total. The molecule has 23 heavy (non-hydrogen) atoms. The molecule has 0 unspecified atom stereocenters. The molecule has 1 heterocycles. The Kier molecular flexibility index (Phi) is 3.74. The highest BCUT2D eigenvalue weighted by molar-refractivity contribution is 5.56. The van der Waals surface area contributed by atoms with Crippen molar-refractivity contribution in [3.05, 3.63) is 77.6 Å². The van der Waals surface area contributed by atoms with E-state index in [0.29, 0.717) is 6.04 Å². The number of fused-ring (bicyclic) bond motifs is 1. The van der Waals surface area contributed by atoms with Crippen molar-refractivity contribution in [3.8, 4) is 11.4 Å². The van der Waals surface area contributed by atoms with Crippen molar-refractivity contribution < 1.29 is 0 Å². The summed E-state index contributed by atoms with van der Waals surface area (Å²) in [6.07, 6.45) is 6.55. The minimum absolute atomic E-state index is 0.492. The van der Waals surface area contributed by atoms with Gasteiger partial charge in [-0.05, 0) is 30.4 Å². The molecule has 0 amide bonds. The number of nitrogens with zero attached hydrogens (tertiary/aromatic N) is 2. The number of hydrogen-bond acceptors (Lipinski definition) is 1. The highest BCUT2D eigenvalue weighted by Gasteiger charge is 2.26. The lowest BCUT2D eigenvalue weighted by atomic mass is 10.1. The zero-order valence-electron chi connectivity index (χ0n) is 13.6. The zero-order chi connectivity index (χ0) is 15.6. The molecular weight excluding hydrogens is 280 g/mol. The van der Waals surface area contributed by atoms with Crippen molar-refractivity contribution in [2.75, 3.05) is 0 Å². The summed E-state index contributed by atoms with van der Waals surface area (Å²) in [6.45, 7) is 2.24. The van der Waals surface area contributed by atoms with E-state index < -0.39 is 0 Å². The van der Waals surface area contributed by atoms with E-state index in [-0.39, 0.29) is 0 Å². The maximum absolute atomic E-state index is 4.78. The fourth-order valence-corrected chi connectivity index (χ4v) is 3.76. The molecule has 2 aromatic carbocycles. The Labute approximate surface area is 137 Å². The summed E-state index contributed by atoms with van der Waals surface area (Å²) < 4.78 is 2.50. The monoisotopic (exact) mass is 302 g/mol. The van der Waals surface area contributed by atoms with Crippen molar-refractivity contribution in [2.45, 2.75) is 38.6 Å². The number of aryl methyl sites for hydroxylation is 1. The van der Waals surface area contributed by atoms with Gasteiger partial charge in [-0.2, -0.15) is 0 Å². The van der Waals surface area contributed by atoms with E-state index in [2.05, 4.69) is 72.3 Å². The Morgan fingerprint density at radius 1 is 0.957 bits per heavy atom. The predicted octanol–water partition coefficient (Wildman–Crippen LogP) is 4.84. The lowest BCUT2D eigenvalue weighted by Gasteiger charge is -2.19. The van der Waals surface area contributed by atoms with Gasteiger partial charge in [-0.25, -0.2) is 4.98 Å². The van der Waals surface area contributed by atoms with Gasteiger partial charge in [0.25, 0.3) is 0 Å². The SMILES string of the molecule is CCCc1cnc(-c2ccccc2)n1C1Cc2ccccc2C1. The molecular formula is C21H22N2. The lowest BCUT2D eigenvalue weighted by Crippen LogP contribution is -2.13. The van der Waals surface area contributed by atoms with E-state index >= 15 is 0 Å². The van der Waals surface area contributed by atoms with Crippen LogP contribution < -0.4 is 0 Å². The zero-order valence-corrected chi connectivity index (χ0v) is 13.6. The molecule has 0 aliphatic heterocycles. The molecule has 1 aliphatic carbocycles. The quantitative estimate of drug-likeness (QED) is 0.674. The molecule has 0 atom stereocenters. The topological polar surface area (TPSA) is 17.8 Å². The predicted molar refractivity (Wildman–Crippen MR) is 94.5 cm³/mol. The molecule has 0 N–H and O–H groups in total. The summed E-state index contributed by atoms with van der Waals surface area (Å²) in [6, 6.07) is 19.9. The summed E-state index contributed by atoms with van der Waals surface area (Å²) in [5.41, 5.74) is 5.57. The Balaban J connectivity index is 1.77. The first-order chi connectivity index (χ1) is 11.4. The van der Waals surface area contributed by atoms with E-state index in [1.54, 1.807) is 0 Å². The molecule has 116 valence electrons. The number of imidazole rings is 1. The van der Waals surface area contributed by atoms with E-state index in [0.717, 1.165) is 31.5 Å². The average molecular weight is 302 g/mol. The Bertz CT molecular complexity index is 777. The van der Waals surface area contributed by atoms with Crippen LogP contribution >= 0.6 is 0 Å². The molecule has 0 saturated carbocycles. The van der Waals surface area contributed by atoms with Gasteiger partial charge in [0.15, 0.2) is 0 Å². The maximum Gasteiger partial charge on any atom is 0.140 e. The van der Waals surface area contributed by atoms with Gasteiger partial charge < -0.3 is 4.57 Å². The van der Waals surface area contributed by atoms with Gasteiger partial charge in [-0.1, -0.05) is 67.9 Å². The molecule has 0 saturated heterocycles. The van der Waals surface area contributed by atoms with Crippen molar-refractivity contribution in [1.29, 1.82) is 0 Å². The fourth-order valence-electron chi connectivity index (χ4n) is 3.76. The van der Waals surface area contributed by atoms with Gasteiger partial charge >= 0.3 is 0 Å². The van der Waals surface area contributed by atoms with Gasteiger partial charge in [0.2, 0.25) is 0 Å². The van der Waals surface area contributed by atoms with Gasteiger partial charge in [0.05, 0.1) is 0 Å². The Morgan fingerprint density at radius 2 is 1.61 bits per heavy atom. The molecule has 3 aromatic rings. The number of aromatic nitrogens is 2. The van der Waals surface area contributed by atoms with Crippen LogP contribution in [0.4, 0.5) is 0 Å². The van der Waals surface area contributed by atoms with Gasteiger partial charge in [-0.3, -0.25) is 0 Å².